The van der Waals surface area contributed by atoms with Crippen LogP contribution in [-0.2, 0) is 38.2 Å². The minimum atomic E-state index is -1.40. The molecule has 17 nitrogen and oxygen atoms in total. The molecule has 0 aromatic heterocycles. The predicted molar refractivity (Wildman–Crippen MR) is 212 cm³/mol. The van der Waals surface area contributed by atoms with Crippen molar-refractivity contribution < 1.29 is 53.2 Å². The highest BCUT2D eigenvalue weighted by atomic mass is 16.6. The molecular formula is C41H58N6O11. The number of ether oxygens (including phenoxy) is 3. The minimum absolute atomic E-state index is 0.0424. The van der Waals surface area contributed by atoms with Crippen LogP contribution in [-0.4, -0.2) is 115 Å². The molecule has 0 radical (unpaired) electrons. The second-order valence-corrected chi connectivity index (χ2v) is 16.3. The van der Waals surface area contributed by atoms with Crippen LogP contribution in [0.2, 0.25) is 0 Å². The Balaban J connectivity index is 1.40. The van der Waals surface area contributed by atoms with E-state index >= 15 is 0 Å². The number of amides is 6. The summed E-state index contributed by atoms with van der Waals surface area (Å²) in [5.41, 5.74) is 9.12. The Morgan fingerprint density at radius 1 is 0.810 bits per heavy atom. The highest BCUT2D eigenvalue weighted by Crippen LogP contribution is 2.44. The van der Waals surface area contributed by atoms with Crippen molar-refractivity contribution in [1.82, 2.24) is 26.6 Å². The fraction of sp³-hybridized carbons (Fsp3) is 0.561. The van der Waals surface area contributed by atoms with E-state index in [2.05, 4.69) is 26.6 Å². The summed E-state index contributed by atoms with van der Waals surface area (Å²) in [5, 5.41) is 33.6. The monoisotopic (exact) mass is 810 g/mol. The number of carbonyl (C=O) groups is 6. The average molecular weight is 811 g/mol. The van der Waals surface area contributed by atoms with E-state index in [9.17, 15) is 39.0 Å². The summed E-state index contributed by atoms with van der Waals surface area (Å²) in [6.45, 7) is 10.9. The largest absolute Gasteiger partial charge is 0.449 e. The topological polar surface area (TPSA) is 257 Å². The van der Waals surface area contributed by atoms with Gasteiger partial charge in [-0.3, -0.25) is 24.0 Å². The molecule has 17 heteroatoms. The van der Waals surface area contributed by atoms with Crippen LogP contribution in [0.25, 0.3) is 11.1 Å². The van der Waals surface area contributed by atoms with Crippen molar-refractivity contribution >= 4 is 35.6 Å². The van der Waals surface area contributed by atoms with Crippen molar-refractivity contribution in [2.24, 2.45) is 17.1 Å². The number of nitrogens with one attached hydrogen (secondary N) is 5. The van der Waals surface area contributed by atoms with Crippen LogP contribution < -0.4 is 32.3 Å². The van der Waals surface area contributed by atoms with Gasteiger partial charge in [0.1, 0.15) is 49.8 Å². The zero-order valence-electron chi connectivity index (χ0n) is 33.9. The third kappa shape index (κ3) is 12.7. The van der Waals surface area contributed by atoms with Crippen molar-refractivity contribution in [3.63, 3.8) is 0 Å². The Morgan fingerprint density at radius 2 is 1.41 bits per heavy atom. The molecular weight excluding hydrogens is 752 g/mol. The number of aliphatic hydroxyl groups is 2. The molecule has 318 valence electrons. The first kappa shape index (κ1) is 45.6. The van der Waals surface area contributed by atoms with Gasteiger partial charge in [-0.1, -0.05) is 83.1 Å². The number of nitrogens with two attached hydrogens (primary N) is 1. The highest BCUT2D eigenvalue weighted by Gasteiger charge is 2.43. The number of rotatable bonds is 19. The summed E-state index contributed by atoms with van der Waals surface area (Å²) in [6, 6.07) is 12.1. The van der Waals surface area contributed by atoms with Crippen molar-refractivity contribution in [3.05, 3.63) is 59.7 Å². The SMILES string of the molecule is CC(C)[C@H](NC(=O)[C@H](CCC(=O)NC[C@@H]1O[C@H](CC(N)=O)[C@@H](O)[C@H]1O)NC(=O)OCC1c2ccccc2-c2ccccc21)C(=O)N[C@@H](C)C(=O)NCOCC(C)(C)C. The van der Waals surface area contributed by atoms with E-state index in [0.29, 0.717) is 6.61 Å². The Labute approximate surface area is 338 Å². The Kier molecular flexibility index (Phi) is 16.2. The van der Waals surface area contributed by atoms with Crippen LogP contribution in [0.4, 0.5) is 4.79 Å². The maximum absolute atomic E-state index is 13.8. The molecule has 2 aliphatic rings. The van der Waals surface area contributed by atoms with Crippen LogP contribution in [0.3, 0.4) is 0 Å². The molecule has 7 atom stereocenters. The number of alkyl carbamates (subject to hydrolysis) is 1. The molecule has 9 N–H and O–H groups in total. The molecule has 2 aromatic rings. The summed E-state index contributed by atoms with van der Waals surface area (Å²) in [6.07, 6.45) is -6.65. The molecule has 6 amide bonds. The van der Waals surface area contributed by atoms with Crippen LogP contribution in [0, 0.1) is 11.3 Å². The lowest BCUT2D eigenvalue weighted by atomic mass is 9.98. The molecule has 1 saturated heterocycles. The smallest absolute Gasteiger partial charge is 0.407 e. The van der Waals surface area contributed by atoms with Gasteiger partial charge in [0, 0.05) is 18.9 Å². The standard InChI is InChI=1S/C41H58N6O11/c1-22(2)34(39(54)45-23(3)37(52)44-21-56-20-41(4,5)6)47-38(53)29(15-16-33(49)43-18-31-36(51)35(50)30(58-31)17-32(42)48)46-40(55)57-19-28-26-13-9-7-11-24(26)25-12-8-10-14-27(25)28/h7-14,22-23,28-31,34-36,50-51H,15-21H2,1-6H3,(H2,42,48)(H,43,49)(H,44,52)(H,45,54)(H,46,55)(H,47,53)/t23-,29-,30+,31-,34-,35+,36-/m0/s1. The first-order valence-electron chi connectivity index (χ1n) is 19.5. The van der Waals surface area contributed by atoms with Gasteiger partial charge in [0.15, 0.2) is 0 Å². The van der Waals surface area contributed by atoms with Gasteiger partial charge in [-0.2, -0.15) is 0 Å². The number of hydrogen-bond donors (Lipinski definition) is 8. The number of fused-ring (bicyclic) bond motifs is 3. The maximum Gasteiger partial charge on any atom is 0.407 e. The number of primary amides is 1. The lowest BCUT2D eigenvalue weighted by Crippen LogP contribution is -2.58. The van der Waals surface area contributed by atoms with Crippen molar-refractivity contribution in [2.45, 2.75) is 109 Å². The first-order valence-corrected chi connectivity index (χ1v) is 19.5. The molecule has 0 unspecified atom stereocenters. The molecule has 0 spiro atoms. The number of benzene rings is 2. The third-order valence-electron chi connectivity index (χ3n) is 9.86. The number of carbonyl (C=O) groups excluding carboxylic acids is 6. The predicted octanol–water partition coefficient (Wildman–Crippen LogP) is 0.937. The van der Waals surface area contributed by atoms with E-state index in [1.807, 2.05) is 69.3 Å². The summed E-state index contributed by atoms with van der Waals surface area (Å²) < 4.78 is 16.7. The maximum atomic E-state index is 13.8. The highest BCUT2D eigenvalue weighted by molar-refractivity contribution is 5.94. The molecule has 1 aliphatic carbocycles. The van der Waals surface area contributed by atoms with Gasteiger partial charge in [0.05, 0.1) is 19.1 Å². The number of aliphatic hydroxyl groups excluding tert-OH is 2. The quantitative estimate of drug-likeness (QED) is 0.0732. The Hall–Kier alpha value is -5.10. The second kappa shape index (κ2) is 20.5. The van der Waals surface area contributed by atoms with Gasteiger partial charge in [0.2, 0.25) is 29.5 Å². The molecule has 4 rings (SSSR count). The zero-order chi connectivity index (χ0) is 42.7. The van der Waals surface area contributed by atoms with E-state index in [0.717, 1.165) is 22.3 Å². The molecule has 1 fully saturated rings. The van der Waals surface area contributed by atoms with Crippen LogP contribution in [0.1, 0.15) is 77.8 Å². The van der Waals surface area contributed by atoms with Crippen LogP contribution in [0.15, 0.2) is 48.5 Å². The third-order valence-corrected chi connectivity index (χ3v) is 9.86. The Morgan fingerprint density at radius 3 is 2.00 bits per heavy atom. The van der Waals surface area contributed by atoms with Gasteiger partial charge in [-0.25, -0.2) is 4.79 Å². The first-order chi connectivity index (χ1) is 27.4. The second-order valence-electron chi connectivity index (χ2n) is 16.3. The van der Waals surface area contributed by atoms with Gasteiger partial charge in [-0.15, -0.1) is 0 Å². The van der Waals surface area contributed by atoms with E-state index < -0.39 is 84.1 Å². The van der Waals surface area contributed by atoms with Gasteiger partial charge in [-0.05, 0) is 46.9 Å². The summed E-state index contributed by atoms with van der Waals surface area (Å²) in [4.78, 5) is 77.6. The van der Waals surface area contributed by atoms with Gasteiger partial charge < -0.3 is 56.7 Å². The summed E-state index contributed by atoms with van der Waals surface area (Å²) >= 11 is 0. The van der Waals surface area contributed by atoms with Crippen molar-refractivity contribution in [2.75, 3.05) is 26.5 Å². The van der Waals surface area contributed by atoms with E-state index in [4.69, 9.17) is 19.9 Å². The molecule has 0 saturated carbocycles. The van der Waals surface area contributed by atoms with E-state index in [1.54, 1.807) is 13.8 Å². The average Bonchev–Trinajstić information content (AvgIpc) is 3.62. The fourth-order valence-electron chi connectivity index (χ4n) is 6.78. The zero-order valence-corrected chi connectivity index (χ0v) is 33.9. The van der Waals surface area contributed by atoms with Crippen molar-refractivity contribution in [3.8, 4) is 11.1 Å². The lowest BCUT2D eigenvalue weighted by Gasteiger charge is -2.26. The van der Waals surface area contributed by atoms with Gasteiger partial charge in [0.25, 0.3) is 0 Å². The van der Waals surface area contributed by atoms with E-state index in [-0.39, 0.29) is 50.5 Å². The summed E-state index contributed by atoms with van der Waals surface area (Å²) in [7, 11) is 0. The molecule has 1 heterocycles. The molecule has 2 aromatic carbocycles. The van der Waals surface area contributed by atoms with Crippen LogP contribution in [0.5, 0.6) is 0 Å². The summed E-state index contributed by atoms with van der Waals surface area (Å²) in [5.74, 6) is -3.96. The molecule has 1 aliphatic heterocycles. The molecule has 58 heavy (non-hydrogen) atoms. The van der Waals surface area contributed by atoms with Gasteiger partial charge >= 0.3 is 6.09 Å². The van der Waals surface area contributed by atoms with Crippen LogP contribution >= 0.6 is 0 Å². The lowest BCUT2D eigenvalue weighted by molar-refractivity contribution is -0.134. The van der Waals surface area contributed by atoms with Crippen molar-refractivity contribution in [1.29, 1.82) is 0 Å². The normalized spacial score (nSPS) is 20.2. The van der Waals surface area contributed by atoms with E-state index in [1.165, 1.54) is 6.92 Å². The number of hydrogen-bond acceptors (Lipinski definition) is 11. The minimum Gasteiger partial charge on any atom is -0.449 e. The fourth-order valence-corrected chi connectivity index (χ4v) is 6.78. The Bertz CT molecular complexity index is 1740. The molecule has 0 bridgehead atoms.